The fraction of sp³-hybridized carbons (Fsp3) is 0.738. The first-order chi connectivity index (χ1) is 24.2. The van der Waals surface area contributed by atoms with Crippen molar-refractivity contribution in [3.05, 3.63) is 33.5 Å². The molecule has 0 aliphatic heterocycles. The first kappa shape index (κ1) is 37.8. The predicted molar refractivity (Wildman–Crippen MR) is 202 cm³/mol. The molecule has 8 atom stereocenters. The van der Waals surface area contributed by atoms with Crippen molar-refractivity contribution >= 4 is 40.7 Å². The highest BCUT2D eigenvalue weighted by Gasteiger charge is 2.70. The number of aliphatic carboxylic acids is 1. The largest absolute Gasteiger partial charge is 0.481 e. The summed E-state index contributed by atoms with van der Waals surface area (Å²) in [6.45, 7) is 19.7. The summed E-state index contributed by atoms with van der Waals surface area (Å²) in [5, 5.41) is 18.5. The average molecular weight is 753 g/mol. The number of fused-ring (bicyclic) bond motifs is 7. The Balaban J connectivity index is 1.17. The molecule has 0 unspecified atom stereocenters. The van der Waals surface area contributed by atoms with Gasteiger partial charge in [-0.25, -0.2) is 0 Å². The molecule has 0 saturated heterocycles. The number of carboxylic acids is 1. The summed E-state index contributed by atoms with van der Waals surface area (Å²) in [6, 6.07) is 3.75. The highest BCUT2D eigenvalue weighted by molar-refractivity contribution is 7.19. The zero-order valence-electron chi connectivity index (χ0n) is 32.5. The molecule has 2 aromatic heterocycles. The van der Waals surface area contributed by atoms with E-state index in [-0.39, 0.29) is 45.5 Å². The lowest BCUT2D eigenvalue weighted by Crippen LogP contribution is -2.65. The second-order valence-corrected chi connectivity index (χ2v) is 21.2. The zero-order valence-corrected chi connectivity index (χ0v) is 34.1. The predicted octanol–water partition coefficient (Wildman–Crippen LogP) is 10.4. The highest BCUT2D eigenvalue weighted by Crippen LogP contribution is 2.77. The number of thiophene rings is 1. The number of halogens is 1. The maximum Gasteiger partial charge on any atom is 0.309 e. The summed E-state index contributed by atoms with van der Waals surface area (Å²) in [5.41, 5.74) is 0.926. The van der Waals surface area contributed by atoms with E-state index in [0.29, 0.717) is 52.5 Å². The van der Waals surface area contributed by atoms with Gasteiger partial charge in [-0.05, 0) is 123 Å². The van der Waals surface area contributed by atoms with Gasteiger partial charge < -0.3 is 14.3 Å². The molecule has 8 nitrogen and oxygen atoms in total. The van der Waals surface area contributed by atoms with Crippen molar-refractivity contribution in [3.8, 4) is 10.8 Å². The van der Waals surface area contributed by atoms with Crippen molar-refractivity contribution in [3.63, 3.8) is 0 Å². The number of allylic oxidation sites excluding steroid dienone is 2. The van der Waals surface area contributed by atoms with E-state index in [1.807, 2.05) is 12.1 Å². The number of carbonyl (C=O) groups is 3. The quantitative estimate of drug-likeness (QED) is 0.265. The van der Waals surface area contributed by atoms with Crippen LogP contribution in [0.25, 0.3) is 10.8 Å². The van der Waals surface area contributed by atoms with Crippen LogP contribution in [-0.4, -0.2) is 39.1 Å². The number of hydrogen-bond donors (Lipinski definition) is 1. The SMILES string of the molecule is CC(C)C1=C2[C@H]3CC[C@@H]4[C@@]5(C)CC[C@H](OC(=O)CC(C)(C)C(=O)O)C(C)(C)[C@@H]5CC[C@@]4(C)[C@]3(C)CC[C@@]2(Cc2nnc(-c3ccc(Cl)s3)o2)CC1=O. The average Bonchev–Trinajstić information content (AvgIpc) is 3.75. The smallest absolute Gasteiger partial charge is 0.309 e. The number of hydrogen-bond acceptors (Lipinski definition) is 8. The van der Waals surface area contributed by atoms with E-state index >= 15 is 0 Å². The third-order valence-electron chi connectivity index (χ3n) is 15.7. The number of nitrogens with zero attached hydrogens (tertiary/aromatic N) is 2. The number of aromatic nitrogens is 2. The van der Waals surface area contributed by atoms with Crippen LogP contribution < -0.4 is 0 Å². The number of Topliss-reactive ketones (excluding diaryl/α,β-unsaturated/α-hetero) is 1. The van der Waals surface area contributed by atoms with Crippen LogP contribution >= 0.6 is 22.9 Å². The number of esters is 1. The number of carboxylic acid groups (broad SMARTS) is 1. The Morgan fingerprint density at radius 1 is 1.00 bits per heavy atom. The molecule has 2 heterocycles. The molecule has 2 aromatic rings. The molecule has 10 heteroatoms. The standard InChI is InChI=1S/C42H57ClN2O6S/c1-23(2)33-25(46)20-42(21-31-44-45-35(51-31)26-11-13-30(43)52-26)19-18-40(8)24(34(33)42)10-12-28-39(7)16-15-29(50-32(47)22-37(3,4)36(48)49)38(5,6)27(39)14-17-41(28,40)9/h11,13,23-24,27-29H,10,12,14-22H2,1-9H3,(H,48,49)/t24-,27+,28-,29+,39+,40-,41-,42+/m1/s1. The van der Waals surface area contributed by atoms with Gasteiger partial charge in [0.25, 0.3) is 5.89 Å². The van der Waals surface area contributed by atoms with Crippen LogP contribution in [0.3, 0.4) is 0 Å². The second kappa shape index (κ2) is 12.5. The molecule has 0 spiro atoms. The van der Waals surface area contributed by atoms with E-state index in [0.717, 1.165) is 61.8 Å². The van der Waals surface area contributed by atoms with Crippen molar-refractivity contribution in [1.82, 2.24) is 10.2 Å². The molecule has 5 aliphatic carbocycles. The second-order valence-electron chi connectivity index (χ2n) is 19.5. The van der Waals surface area contributed by atoms with Crippen molar-refractivity contribution < 1.29 is 28.6 Å². The Kier molecular flexibility index (Phi) is 9.09. The van der Waals surface area contributed by atoms with Crippen molar-refractivity contribution in [2.24, 2.45) is 56.2 Å². The topological polar surface area (TPSA) is 120 Å². The molecule has 0 bridgehead atoms. The van der Waals surface area contributed by atoms with Crippen molar-refractivity contribution in [2.75, 3.05) is 0 Å². The Morgan fingerprint density at radius 3 is 2.38 bits per heavy atom. The molecule has 284 valence electrons. The normalized spacial score (nSPS) is 36.9. The van der Waals surface area contributed by atoms with Gasteiger partial charge in [0.15, 0.2) is 5.78 Å². The van der Waals surface area contributed by atoms with Gasteiger partial charge in [0, 0.05) is 23.7 Å². The van der Waals surface area contributed by atoms with E-state index in [2.05, 4.69) is 58.7 Å². The summed E-state index contributed by atoms with van der Waals surface area (Å²) in [4.78, 5) is 39.8. The molecule has 0 aromatic carbocycles. The Morgan fingerprint density at radius 2 is 1.73 bits per heavy atom. The van der Waals surface area contributed by atoms with Gasteiger partial charge in [0.05, 0.1) is 21.0 Å². The molecule has 52 heavy (non-hydrogen) atoms. The third kappa shape index (κ3) is 5.59. The molecule has 0 radical (unpaired) electrons. The highest BCUT2D eigenvalue weighted by atomic mass is 35.5. The molecule has 7 rings (SSSR count). The zero-order chi connectivity index (χ0) is 37.8. The van der Waals surface area contributed by atoms with Crippen molar-refractivity contribution in [1.29, 1.82) is 0 Å². The number of carbonyl (C=O) groups excluding carboxylic acids is 2. The van der Waals surface area contributed by atoms with Crippen LogP contribution in [0.15, 0.2) is 27.7 Å². The third-order valence-corrected chi connectivity index (χ3v) is 16.9. The molecule has 4 fully saturated rings. The molecule has 0 amide bonds. The van der Waals surface area contributed by atoms with E-state index in [1.54, 1.807) is 13.8 Å². The summed E-state index contributed by atoms with van der Waals surface area (Å²) >= 11 is 7.63. The number of ether oxygens (including phenoxy) is 1. The Hall–Kier alpha value is -2.52. The minimum absolute atomic E-state index is 0.0249. The van der Waals surface area contributed by atoms with Crippen LogP contribution in [0.5, 0.6) is 0 Å². The van der Waals surface area contributed by atoms with E-state index in [4.69, 9.17) is 20.8 Å². The van der Waals surface area contributed by atoms with Gasteiger partial charge in [-0.2, -0.15) is 0 Å². The lowest BCUT2D eigenvalue weighted by Gasteiger charge is -2.72. The molecule has 4 saturated carbocycles. The van der Waals surface area contributed by atoms with Crippen LogP contribution in [0, 0.1) is 56.2 Å². The molecular formula is C42H57ClN2O6S. The first-order valence-electron chi connectivity index (χ1n) is 19.5. The van der Waals surface area contributed by atoms with Gasteiger partial charge in [0.2, 0.25) is 5.89 Å². The van der Waals surface area contributed by atoms with E-state index in [1.165, 1.54) is 16.9 Å². The van der Waals surface area contributed by atoms with Crippen LogP contribution in [0.1, 0.15) is 132 Å². The van der Waals surface area contributed by atoms with Gasteiger partial charge in [-0.3, -0.25) is 14.4 Å². The van der Waals surface area contributed by atoms with E-state index < -0.39 is 17.4 Å². The van der Waals surface area contributed by atoms with Crippen LogP contribution in [-0.2, 0) is 25.5 Å². The minimum atomic E-state index is -1.16. The number of ketones is 1. The monoisotopic (exact) mass is 752 g/mol. The Labute approximate surface area is 317 Å². The maximum atomic E-state index is 14.1. The van der Waals surface area contributed by atoms with Gasteiger partial charge in [0.1, 0.15) is 6.10 Å². The molecule has 5 aliphatic rings. The van der Waals surface area contributed by atoms with Gasteiger partial charge in [-0.1, -0.05) is 65.6 Å². The van der Waals surface area contributed by atoms with Crippen LogP contribution in [0.4, 0.5) is 0 Å². The lowest BCUT2D eigenvalue weighted by molar-refractivity contribution is -0.233. The number of rotatable bonds is 8. The van der Waals surface area contributed by atoms with Crippen molar-refractivity contribution in [2.45, 2.75) is 139 Å². The van der Waals surface area contributed by atoms with Crippen LogP contribution in [0.2, 0.25) is 4.34 Å². The summed E-state index contributed by atoms with van der Waals surface area (Å²) in [7, 11) is 0. The molecule has 1 N–H and O–H groups in total. The first-order valence-corrected chi connectivity index (χ1v) is 20.7. The van der Waals surface area contributed by atoms with Gasteiger partial charge in [-0.15, -0.1) is 21.5 Å². The Bertz CT molecular complexity index is 1820. The maximum absolute atomic E-state index is 14.1. The fourth-order valence-corrected chi connectivity index (χ4v) is 13.9. The summed E-state index contributed by atoms with van der Waals surface area (Å²) in [5.74, 6) is 1.32. The summed E-state index contributed by atoms with van der Waals surface area (Å²) < 4.78 is 13.1. The molecular weight excluding hydrogens is 696 g/mol. The van der Waals surface area contributed by atoms with E-state index in [9.17, 15) is 19.5 Å². The summed E-state index contributed by atoms with van der Waals surface area (Å²) in [6.07, 6.45) is 8.82. The minimum Gasteiger partial charge on any atom is -0.481 e. The van der Waals surface area contributed by atoms with Gasteiger partial charge >= 0.3 is 11.9 Å². The fourth-order valence-electron chi connectivity index (χ4n) is 12.9. The lowest BCUT2D eigenvalue weighted by atomic mass is 9.33.